The molecule has 0 radical (unpaired) electrons. The van der Waals surface area contributed by atoms with Gasteiger partial charge in [0, 0.05) is 54.6 Å². The molecule has 2 amide bonds. The molecule has 2 N–H and O–H groups in total. The molecule has 1 aromatic heterocycles. The fourth-order valence-corrected chi connectivity index (χ4v) is 4.33. The largest absolute Gasteiger partial charge is 0.464 e. The first-order valence-electron chi connectivity index (χ1n) is 9.44. The van der Waals surface area contributed by atoms with E-state index in [0.717, 1.165) is 48.1 Å². The van der Waals surface area contributed by atoms with E-state index in [9.17, 15) is 9.59 Å². The zero-order chi connectivity index (χ0) is 18.4. The Bertz CT molecular complexity index is 1050. The van der Waals surface area contributed by atoms with Crippen molar-refractivity contribution in [3.05, 3.63) is 42.2 Å². The molecule has 0 aliphatic carbocycles. The number of benzene rings is 2. The zero-order valence-corrected chi connectivity index (χ0v) is 15.0. The second-order valence-electron chi connectivity index (χ2n) is 7.24. The summed E-state index contributed by atoms with van der Waals surface area (Å²) in [7, 11) is 0. The summed E-state index contributed by atoms with van der Waals surface area (Å²) in [5.41, 5.74) is 2.86. The van der Waals surface area contributed by atoms with Crippen LogP contribution in [0.1, 0.15) is 24.3 Å². The fourth-order valence-electron chi connectivity index (χ4n) is 4.33. The quantitative estimate of drug-likeness (QED) is 0.685. The van der Waals surface area contributed by atoms with Gasteiger partial charge in [0.15, 0.2) is 0 Å². The molecule has 138 valence electrons. The lowest BCUT2D eigenvalue weighted by atomic mass is 9.88. The van der Waals surface area contributed by atoms with Crippen molar-refractivity contribution in [1.82, 2.24) is 10.6 Å². The van der Waals surface area contributed by atoms with Gasteiger partial charge < -0.3 is 14.6 Å². The molecule has 2 aromatic carbocycles. The number of furan rings is 1. The van der Waals surface area contributed by atoms with E-state index < -0.39 is 0 Å². The summed E-state index contributed by atoms with van der Waals surface area (Å²) in [5, 5.41) is 9.10. The average Bonchev–Trinajstić information content (AvgIpc) is 3.12. The maximum absolute atomic E-state index is 12.4. The van der Waals surface area contributed by atoms with Crippen LogP contribution in [0.15, 0.2) is 41.0 Å². The minimum Gasteiger partial charge on any atom is -0.464 e. The smallest absolute Gasteiger partial charge is 0.234 e. The standard InChI is InChI=1S/C21H21N3O3/c25-19-7-5-15(21(26)23-19)16-12-27-18-6-4-13-14(20(16)18)2-1-3-17(13)24-10-8-22-9-11-24/h1-4,6,12,15,22H,5,7-11H2,(H,23,25,26). The Morgan fingerprint density at radius 1 is 1.04 bits per heavy atom. The van der Waals surface area contributed by atoms with E-state index in [4.69, 9.17) is 4.42 Å². The van der Waals surface area contributed by atoms with E-state index in [1.54, 1.807) is 6.26 Å². The van der Waals surface area contributed by atoms with Gasteiger partial charge in [-0.05, 0) is 30.0 Å². The highest BCUT2D eigenvalue weighted by Crippen LogP contribution is 2.39. The Kier molecular flexibility index (Phi) is 3.86. The predicted octanol–water partition coefficient (Wildman–Crippen LogP) is 2.52. The number of nitrogens with zero attached hydrogens (tertiary/aromatic N) is 1. The van der Waals surface area contributed by atoms with Crippen molar-refractivity contribution in [2.24, 2.45) is 0 Å². The van der Waals surface area contributed by atoms with Crippen LogP contribution in [0.5, 0.6) is 0 Å². The molecule has 0 saturated carbocycles. The van der Waals surface area contributed by atoms with Gasteiger partial charge in [0.05, 0.1) is 12.2 Å². The fraction of sp³-hybridized carbons (Fsp3) is 0.333. The number of fused-ring (bicyclic) bond motifs is 3. The van der Waals surface area contributed by atoms with Crippen LogP contribution >= 0.6 is 0 Å². The summed E-state index contributed by atoms with van der Waals surface area (Å²) >= 11 is 0. The maximum Gasteiger partial charge on any atom is 0.234 e. The molecule has 3 heterocycles. The molecule has 3 aromatic rings. The second kappa shape index (κ2) is 6.39. The zero-order valence-electron chi connectivity index (χ0n) is 15.0. The third-order valence-corrected chi connectivity index (χ3v) is 5.67. The molecule has 6 heteroatoms. The van der Waals surface area contributed by atoms with Crippen LogP contribution < -0.4 is 15.5 Å². The molecule has 1 atom stereocenters. The number of nitrogens with one attached hydrogen (secondary N) is 2. The lowest BCUT2D eigenvalue weighted by Gasteiger charge is -2.30. The molecule has 2 fully saturated rings. The van der Waals surface area contributed by atoms with Crippen molar-refractivity contribution >= 4 is 39.2 Å². The van der Waals surface area contributed by atoms with Gasteiger partial charge in [-0.2, -0.15) is 0 Å². The van der Waals surface area contributed by atoms with Gasteiger partial charge in [0.2, 0.25) is 11.8 Å². The predicted molar refractivity (Wildman–Crippen MR) is 104 cm³/mol. The number of imide groups is 1. The first kappa shape index (κ1) is 16.3. The maximum atomic E-state index is 12.4. The first-order valence-corrected chi connectivity index (χ1v) is 9.44. The van der Waals surface area contributed by atoms with Crippen molar-refractivity contribution in [3.63, 3.8) is 0 Å². The summed E-state index contributed by atoms with van der Waals surface area (Å²) in [6, 6.07) is 10.4. The van der Waals surface area contributed by atoms with Crippen LogP contribution in [-0.4, -0.2) is 38.0 Å². The Balaban J connectivity index is 1.67. The highest BCUT2D eigenvalue weighted by Gasteiger charge is 2.31. The molecule has 5 rings (SSSR count). The summed E-state index contributed by atoms with van der Waals surface area (Å²) in [6.45, 7) is 3.91. The van der Waals surface area contributed by atoms with E-state index in [2.05, 4.69) is 39.8 Å². The molecular formula is C21H21N3O3. The number of piperidine rings is 1. The van der Waals surface area contributed by atoms with Crippen molar-refractivity contribution in [3.8, 4) is 0 Å². The van der Waals surface area contributed by atoms with Crippen LogP contribution in [0.3, 0.4) is 0 Å². The molecule has 0 bridgehead atoms. The number of anilines is 1. The third-order valence-electron chi connectivity index (χ3n) is 5.67. The highest BCUT2D eigenvalue weighted by atomic mass is 16.3. The van der Waals surface area contributed by atoms with E-state index in [1.165, 1.54) is 11.1 Å². The second-order valence-corrected chi connectivity index (χ2v) is 7.24. The Morgan fingerprint density at radius 3 is 2.70 bits per heavy atom. The molecule has 2 aliphatic heterocycles. The van der Waals surface area contributed by atoms with Crippen LogP contribution in [0, 0.1) is 0 Å². The van der Waals surface area contributed by atoms with Crippen molar-refractivity contribution < 1.29 is 14.0 Å². The van der Waals surface area contributed by atoms with Crippen LogP contribution in [-0.2, 0) is 9.59 Å². The molecule has 2 aliphatic rings. The van der Waals surface area contributed by atoms with E-state index >= 15 is 0 Å². The average molecular weight is 363 g/mol. The van der Waals surface area contributed by atoms with E-state index in [-0.39, 0.29) is 17.7 Å². The number of hydrogen-bond acceptors (Lipinski definition) is 5. The van der Waals surface area contributed by atoms with Gasteiger partial charge in [-0.25, -0.2) is 0 Å². The number of amides is 2. The van der Waals surface area contributed by atoms with Gasteiger partial charge in [-0.1, -0.05) is 12.1 Å². The summed E-state index contributed by atoms with van der Waals surface area (Å²) < 4.78 is 5.78. The van der Waals surface area contributed by atoms with Gasteiger partial charge >= 0.3 is 0 Å². The molecule has 27 heavy (non-hydrogen) atoms. The van der Waals surface area contributed by atoms with E-state index in [1.807, 2.05) is 6.07 Å². The van der Waals surface area contributed by atoms with Gasteiger partial charge in [0.25, 0.3) is 0 Å². The third kappa shape index (κ3) is 2.68. The van der Waals surface area contributed by atoms with Crippen molar-refractivity contribution in [2.75, 3.05) is 31.1 Å². The van der Waals surface area contributed by atoms with Crippen LogP contribution in [0.4, 0.5) is 5.69 Å². The summed E-state index contributed by atoms with van der Waals surface area (Å²) in [4.78, 5) is 26.3. The van der Waals surface area contributed by atoms with Crippen LogP contribution in [0.25, 0.3) is 21.7 Å². The minimum atomic E-state index is -0.350. The molecule has 6 nitrogen and oxygen atoms in total. The van der Waals surface area contributed by atoms with Gasteiger partial charge in [-0.15, -0.1) is 0 Å². The van der Waals surface area contributed by atoms with Crippen LogP contribution in [0.2, 0.25) is 0 Å². The van der Waals surface area contributed by atoms with Gasteiger partial charge in [-0.3, -0.25) is 14.9 Å². The number of carbonyl (C=O) groups excluding carboxylic acids is 2. The number of rotatable bonds is 2. The van der Waals surface area contributed by atoms with Gasteiger partial charge in [0.1, 0.15) is 5.58 Å². The lowest BCUT2D eigenvalue weighted by molar-refractivity contribution is -0.134. The number of hydrogen-bond donors (Lipinski definition) is 2. The Morgan fingerprint density at radius 2 is 1.89 bits per heavy atom. The first-order chi connectivity index (χ1) is 13.2. The number of piperazine rings is 1. The molecule has 2 saturated heterocycles. The Hall–Kier alpha value is -2.86. The molecule has 0 spiro atoms. The van der Waals surface area contributed by atoms with Crippen molar-refractivity contribution in [1.29, 1.82) is 0 Å². The lowest BCUT2D eigenvalue weighted by Crippen LogP contribution is -2.43. The SMILES string of the molecule is O=C1CCC(c2coc3ccc4c(N5CCNCC5)cccc4c23)C(=O)N1. The Labute approximate surface area is 156 Å². The summed E-state index contributed by atoms with van der Waals surface area (Å²) in [5.74, 6) is -0.781. The molecular weight excluding hydrogens is 342 g/mol. The molecule has 1 unspecified atom stereocenters. The highest BCUT2D eigenvalue weighted by molar-refractivity contribution is 6.13. The number of carbonyl (C=O) groups is 2. The minimum absolute atomic E-state index is 0.199. The monoisotopic (exact) mass is 363 g/mol. The van der Waals surface area contributed by atoms with E-state index in [0.29, 0.717) is 12.8 Å². The summed E-state index contributed by atoms with van der Waals surface area (Å²) in [6.07, 6.45) is 2.56. The topological polar surface area (TPSA) is 74.6 Å². The normalized spacial score (nSPS) is 21.0. The van der Waals surface area contributed by atoms with Crippen molar-refractivity contribution in [2.45, 2.75) is 18.8 Å².